The fourth-order valence-electron chi connectivity index (χ4n) is 2.63. The van der Waals surface area contributed by atoms with E-state index in [4.69, 9.17) is 5.11 Å². The summed E-state index contributed by atoms with van der Waals surface area (Å²) in [5.74, 6) is 0.808. The molecule has 0 radical (unpaired) electrons. The summed E-state index contributed by atoms with van der Waals surface area (Å²) in [4.78, 5) is 0. The number of hydrogen-bond acceptors (Lipinski definition) is 2. The zero-order valence-corrected chi connectivity index (χ0v) is 11.5. The summed E-state index contributed by atoms with van der Waals surface area (Å²) in [7, 11) is 0. The molecule has 2 rings (SSSR count). The van der Waals surface area contributed by atoms with Gasteiger partial charge in [0.2, 0.25) is 0 Å². The molecule has 1 aliphatic rings. The number of nitrogens with one attached hydrogen (secondary N) is 1. The summed E-state index contributed by atoms with van der Waals surface area (Å²) in [6.07, 6.45) is 4.63. The SMILES string of the molecule is Cc1ccccc1C(NC(C)CCCO)C1CC1. The van der Waals surface area contributed by atoms with Crippen molar-refractivity contribution in [1.29, 1.82) is 0 Å². The molecule has 2 nitrogen and oxygen atoms in total. The van der Waals surface area contributed by atoms with Gasteiger partial charge in [0, 0.05) is 18.7 Å². The van der Waals surface area contributed by atoms with Crippen LogP contribution < -0.4 is 5.32 Å². The second-order valence-electron chi connectivity index (χ2n) is 5.61. The summed E-state index contributed by atoms with van der Waals surface area (Å²) in [5, 5.41) is 12.7. The van der Waals surface area contributed by atoms with Crippen LogP contribution >= 0.6 is 0 Å². The van der Waals surface area contributed by atoms with Crippen LogP contribution in [-0.2, 0) is 0 Å². The predicted octanol–water partition coefficient (Wildman–Crippen LogP) is 3.20. The van der Waals surface area contributed by atoms with Gasteiger partial charge in [-0.05, 0) is 56.6 Å². The van der Waals surface area contributed by atoms with E-state index >= 15 is 0 Å². The van der Waals surface area contributed by atoms with Crippen molar-refractivity contribution in [2.45, 2.75) is 51.6 Å². The smallest absolute Gasteiger partial charge is 0.0431 e. The first-order valence-electron chi connectivity index (χ1n) is 7.15. The van der Waals surface area contributed by atoms with Crippen LogP contribution in [0.1, 0.15) is 49.8 Å². The van der Waals surface area contributed by atoms with Crippen molar-refractivity contribution < 1.29 is 5.11 Å². The van der Waals surface area contributed by atoms with Gasteiger partial charge in [-0.1, -0.05) is 24.3 Å². The van der Waals surface area contributed by atoms with Crippen LogP contribution in [0.4, 0.5) is 0 Å². The van der Waals surface area contributed by atoms with Crippen molar-refractivity contribution in [3.8, 4) is 0 Å². The van der Waals surface area contributed by atoms with E-state index in [1.165, 1.54) is 24.0 Å². The molecular weight excluding hydrogens is 222 g/mol. The van der Waals surface area contributed by atoms with Crippen LogP contribution in [-0.4, -0.2) is 17.8 Å². The lowest BCUT2D eigenvalue weighted by Gasteiger charge is -2.25. The van der Waals surface area contributed by atoms with E-state index in [-0.39, 0.29) is 0 Å². The van der Waals surface area contributed by atoms with E-state index in [0.717, 1.165) is 18.8 Å². The largest absolute Gasteiger partial charge is 0.396 e. The summed E-state index contributed by atoms with van der Waals surface area (Å²) < 4.78 is 0. The zero-order chi connectivity index (χ0) is 13.0. The Morgan fingerprint density at radius 1 is 1.33 bits per heavy atom. The molecule has 1 aromatic carbocycles. The van der Waals surface area contributed by atoms with Crippen molar-refractivity contribution in [3.05, 3.63) is 35.4 Å². The molecule has 0 aliphatic heterocycles. The lowest BCUT2D eigenvalue weighted by molar-refractivity contribution is 0.272. The van der Waals surface area contributed by atoms with E-state index in [9.17, 15) is 0 Å². The van der Waals surface area contributed by atoms with Crippen LogP contribution in [0.15, 0.2) is 24.3 Å². The normalized spacial score (nSPS) is 18.6. The van der Waals surface area contributed by atoms with Crippen LogP contribution in [0.25, 0.3) is 0 Å². The molecule has 2 heteroatoms. The summed E-state index contributed by atoms with van der Waals surface area (Å²) in [6.45, 7) is 4.72. The third-order valence-electron chi connectivity index (χ3n) is 3.88. The molecule has 1 saturated carbocycles. The Balaban J connectivity index is 2.02. The van der Waals surface area contributed by atoms with Gasteiger partial charge in [0.25, 0.3) is 0 Å². The molecule has 0 bridgehead atoms. The van der Waals surface area contributed by atoms with Gasteiger partial charge in [0.1, 0.15) is 0 Å². The highest BCUT2D eigenvalue weighted by Crippen LogP contribution is 2.42. The molecular formula is C16H25NO. The quantitative estimate of drug-likeness (QED) is 0.775. The number of aliphatic hydroxyl groups is 1. The molecule has 0 spiro atoms. The Kier molecular flexibility index (Phi) is 4.79. The van der Waals surface area contributed by atoms with Crippen LogP contribution in [0.3, 0.4) is 0 Å². The second kappa shape index (κ2) is 6.35. The molecule has 2 atom stereocenters. The maximum atomic E-state index is 8.90. The minimum atomic E-state index is 0.296. The lowest BCUT2D eigenvalue weighted by atomic mass is 9.96. The van der Waals surface area contributed by atoms with E-state index in [0.29, 0.717) is 18.7 Å². The fraction of sp³-hybridized carbons (Fsp3) is 0.625. The van der Waals surface area contributed by atoms with Gasteiger partial charge in [-0.2, -0.15) is 0 Å². The third-order valence-corrected chi connectivity index (χ3v) is 3.88. The standard InChI is InChI=1S/C16H25NO/c1-12-6-3-4-8-15(12)16(14-9-10-14)17-13(2)7-5-11-18/h3-4,6,8,13-14,16-18H,5,7,9-11H2,1-2H3. The second-order valence-corrected chi connectivity index (χ2v) is 5.61. The Hall–Kier alpha value is -0.860. The minimum absolute atomic E-state index is 0.296. The van der Waals surface area contributed by atoms with Crippen molar-refractivity contribution in [2.75, 3.05) is 6.61 Å². The fourth-order valence-corrected chi connectivity index (χ4v) is 2.63. The Morgan fingerprint density at radius 3 is 2.67 bits per heavy atom. The van der Waals surface area contributed by atoms with Gasteiger partial charge < -0.3 is 10.4 Å². The van der Waals surface area contributed by atoms with E-state index in [2.05, 4.69) is 43.4 Å². The van der Waals surface area contributed by atoms with Crippen molar-refractivity contribution in [2.24, 2.45) is 5.92 Å². The number of aryl methyl sites for hydroxylation is 1. The highest BCUT2D eigenvalue weighted by atomic mass is 16.2. The summed E-state index contributed by atoms with van der Waals surface area (Å²) >= 11 is 0. The van der Waals surface area contributed by atoms with Gasteiger partial charge in [0.15, 0.2) is 0 Å². The van der Waals surface area contributed by atoms with E-state index in [1.807, 2.05) is 0 Å². The first kappa shape index (κ1) is 13.6. The topological polar surface area (TPSA) is 32.3 Å². The lowest BCUT2D eigenvalue weighted by Crippen LogP contribution is -2.32. The monoisotopic (exact) mass is 247 g/mol. The molecule has 100 valence electrons. The van der Waals surface area contributed by atoms with Crippen molar-refractivity contribution in [1.82, 2.24) is 5.32 Å². The van der Waals surface area contributed by atoms with Crippen molar-refractivity contribution in [3.63, 3.8) is 0 Å². The minimum Gasteiger partial charge on any atom is -0.396 e. The van der Waals surface area contributed by atoms with Gasteiger partial charge in [-0.3, -0.25) is 0 Å². The van der Waals surface area contributed by atoms with Crippen molar-refractivity contribution >= 4 is 0 Å². The number of benzene rings is 1. The van der Waals surface area contributed by atoms with Crippen LogP contribution in [0.5, 0.6) is 0 Å². The van der Waals surface area contributed by atoms with Crippen LogP contribution in [0, 0.1) is 12.8 Å². The molecule has 1 fully saturated rings. The first-order valence-corrected chi connectivity index (χ1v) is 7.15. The van der Waals surface area contributed by atoms with E-state index in [1.54, 1.807) is 0 Å². The van der Waals surface area contributed by atoms with Gasteiger partial charge in [-0.25, -0.2) is 0 Å². The molecule has 1 aromatic rings. The Bertz CT molecular complexity index is 373. The first-order chi connectivity index (χ1) is 8.72. The number of hydrogen-bond donors (Lipinski definition) is 2. The molecule has 2 N–H and O–H groups in total. The summed E-state index contributed by atoms with van der Waals surface area (Å²) in [5.41, 5.74) is 2.84. The maximum absolute atomic E-state index is 8.90. The number of aliphatic hydroxyl groups excluding tert-OH is 1. The Labute approximate surface area is 110 Å². The third kappa shape index (κ3) is 3.56. The van der Waals surface area contributed by atoms with Crippen LogP contribution in [0.2, 0.25) is 0 Å². The Morgan fingerprint density at radius 2 is 2.06 bits per heavy atom. The number of rotatable bonds is 7. The molecule has 0 aromatic heterocycles. The summed E-state index contributed by atoms with van der Waals surface area (Å²) in [6, 6.07) is 9.67. The molecule has 0 amide bonds. The molecule has 2 unspecified atom stereocenters. The molecule has 0 saturated heterocycles. The molecule has 1 aliphatic carbocycles. The average molecular weight is 247 g/mol. The maximum Gasteiger partial charge on any atom is 0.0431 e. The van der Waals surface area contributed by atoms with Gasteiger partial charge in [0.05, 0.1) is 0 Å². The molecule has 0 heterocycles. The average Bonchev–Trinajstić information content (AvgIpc) is 3.19. The van der Waals surface area contributed by atoms with E-state index < -0.39 is 0 Å². The highest BCUT2D eigenvalue weighted by molar-refractivity contribution is 5.30. The predicted molar refractivity (Wildman–Crippen MR) is 75.6 cm³/mol. The highest BCUT2D eigenvalue weighted by Gasteiger charge is 2.33. The van der Waals surface area contributed by atoms with Gasteiger partial charge in [-0.15, -0.1) is 0 Å². The van der Waals surface area contributed by atoms with Gasteiger partial charge >= 0.3 is 0 Å². The molecule has 18 heavy (non-hydrogen) atoms. The zero-order valence-electron chi connectivity index (χ0n) is 11.5.